The van der Waals surface area contributed by atoms with Crippen LogP contribution in [0.5, 0.6) is 11.5 Å². The normalized spacial score (nSPS) is 11.6. The molecule has 0 atom stereocenters. The molecule has 9 heteroatoms. The number of aryl methyl sites for hydroxylation is 1. The topological polar surface area (TPSA) is 90.5 Å². The zero-order valence-electron chi connectivity index (χ0n) is 17.7. The van der Waals surface area contributed by atoms with Gasteiger partial charge in [-0.15, -0.1) is 11.3 Å². The van der Waals surface area contributed by atoms with E-state index in [9.17, 15) is 9.59 Å². The summed E-state index contributed by atoms with van der Waals surface area (Å²) in [7, 11) is 2.88. The van der Waals surface area contributed by atoms with Crippen LogP contribution in [0.4, 0.5) is 0 Å². The van der Waals surface area contributed by atoms with Crippen molar-refractivity contribution in [3.63, 3.8) is 0 Å². The van der Waals surface area contributed by atoms with Crippen molar-refractivity contribution in [1.82, 2.24) is 9.97 Å². The maximum atomic E-state index is 12.6. The molecular weight excluding hydrogens is 440 g/mol. The van der Waals surface area contributed by atoms with Crippen LogP contribution in [0, 0.1) is 6.92 Å². The van der Waals surface area contributed by atoms with E-state index in [1.54, 1.807) is 26.2 Å². The molecule has 0 unspecified atom stereocenters. The quantitative estimate of drug-likeness (QED) is 0.374. The molecule has 3 rings (SSSR count). The summed E-state index contributed by atoms with van der Waals surface area (Å²) in [5, 5.41) is 0.601. The number of aromatic amines is 1. The minimum atomic E-state index is -0.503. The molecule has 0 bridgehead atoms. The Balaban J connectivity index is 1.98. The molecular formula is C22H23ClN2O5S. The number of carbonyl (C=O) groups is 1. The van der Waals surface area contributed by atoms with Crippen molar-refractivity contribution < 1.29 is 19.0 Å². The third kappa shape index (κ3) is 4.91. The molecule has 0 amide bonds. The summed E-state index contributed by atoms with van der Waals surface area (Å²) in [4.78, 5) is 32.5. The molecule has 1 N–H and O–H groups in total. The van der Waals surface area contributed by atoms with Crippen molar-refractivity contribution in [2.75, 3.05) is 20.8 Å². The molecule has 2 aromatic heterocycles. The Kier molecular flexibility index (Phi) is 7.35. The van der Waals surface area contributed by atoms with Gasteiger partial charge in [0.2, 0.25) is 0 Å². The summed E-state index contributed by atoms with van der Waals surface area (Å²) in [6.07, 6.45) is 3.64. The van der Waals surface area contributed by atoms with E-state index in [1.807, 2.05) is 12.1 Å². The molecule has 0 saturated heterocycles. The van der Waals surface area contributed by atoms with Crippen LogP contribution in [0.3, 0.4) is 0 Å². The molecule has 0 spiro atoms. The van der Waals surface area contributed by atoms with Gasteiger partial charge in [-0.2, -0.15) is 0 Å². The van der Waals surface area contributed by atoms with Gasteiger partial charge in [-0.05, 0) is 42.7 Å². The number of carbonyl (C=O) groups excluding carboxylic acids is 1. The fourth-order valence-corrected chi connectivity index (χ4v) is 4.30. The molecule has 0 aliphatic carbocycles. The standard InChI is InChI=1S/C22H23ClN2O5S/c1-5-6-9-30-16-11-13(7-8-15(16)28-3)10-14(23)19-24-20(26)17-12(2)18(22(27)29-4)31-21(17)25-19/h7-8,10-11H,5-6,9H2,1-4H3,(H,24,25,26)/b14-10-. The van der Waals surface area contributed by atoms with Crippen molar-refractivity contribution in [3.05, 3.63) is 50.4 Å². The van der Waals surface area contributed by atoms with E-state index in [4.69, 9.17) is 25.8 Å². The summed E-state index contributed by atoms with van der Waals surface area (Å²) < 4.78 is 15.9. The molecule has 164 valence electrons. The Morgan fingerprint density at radius 3 is 2.74 bits per heavy atom. The highest BCUT2D eigenvalue weighted by Crippen LogP contribution is 2.32. The number of hydrogen-bond donors (Lipinski definition) is 1. The van der Waals surface area contributed by atoms with E-state index in [2.05, 4.69) is 16.9 Å². The SMILES string of the molecule is CCCCOc1cc(/C=C(\Cl)c2nc3sc(C(=O)OC)c(C)c3c(=O)[nH]2)ccc1OC. The predicted octanol–water partition coefficient (Wildman–Crippen LogP) is 5.00. The maximum Gasteiger partial charge on any atom is 0.348 e. The summed E-state index contributed by atoms with van der Waals surface area (Å²) in [5.41, 5.74) is 0.933. The van der Waals surface area contributed by atoms with Crippen LogP contribution >= 0.6 is 22.9 Å². The third-order valence-corrected chi connectivity index (χ3v) is 6.09. The van der Waals surface area contributed by atoms with E-state index < -0.39 is 5.97 Å². The molecule has 0 aliphatic rings. The third-order valence-electron chi connectivity index (χ3n) is 4.63. The number of aromatic nitrogens is 2. The lowest BCUT2D eigenvalue weighted by Crippen LogP contribution is -2.10. The van der Waals surface area contributed by atoms with E-state index in [0.29, 0.717) is 38.8 Å². The van der Waals surface area contributed by atoms with E-state index >= 15 is 0 Å². The number of thiophene rings is 1. The Hall–Kier alpha value is -2.84. The van der Waals surface area contributed by atoms with Crippen molar-refractivity contribution in [3.8, 4) is 11.5 Å². The first-order valence-electron chi connectivity index (χ1n) is 9.69. The molecule has 0 fully saturated rings. The van der Waals surface area contributed by atoms with Crippen LogP contribution in [0.25, 0.3) is 21.3 Å². The first kappa shape index (κ1) is 22.8. The zero-order chi connectivity index (χ0) is 22.5. The number of esters is 1. The number of ether oxygens (including phenoxy) is 3. The number of H-pyrrole nitrogens is 1. The van der Waals surface area contributed by atoms with E-state index in [1.165, 1.54) is 7.11 Å². The number of hydrogen-bond acceptors (Lipinski definition) is 7. The molecule has 0 saturated carbocycles. The largest absolute Gasteiger partial charge is 0.493 e. The van der Waals surface area contributed by atoms with Crippen LogP contribution < -0.4 is 15.0 Å². The van der Waals surface area contributed by atoms with Gasteiger partial charge in [0.25, 0.3) is 5.56 Å². The average Bonchev–Trinajstić information content (AvgIpc) is 3.10. The van der Waals surface area contributed by atoms with Crippen molar-refractivity contribution in [2.24, 2.45) is 0 Å². The lowest BCUT2D eigenvalue weighted by molar-refractivity contribution is 0.0605. The van der Waals surface area contributed by atoms with Crippen LogP contribution in [0.2, 0.25) is 0 Å². The van der Waals surface area contributed by atoms with Gasteiger partial charge < -0.3 is 19.2 Å². The highest BCUT2D eigenvalue weighted by atomic mass is 35.5. The maximum absolute atomic E-state index is 12.6. The molecule has 0 radical (unpaired) electrons. The molecule has 7 nitrogen and oxygen atoms in total. The van der Waals surface area contributed by atoms with Gasteiger partial charge in [-0.25, -0.2) is 9.78 Å². The van der Waals surface area contributed by atoms with Gasteiger partial charge >= 0.3 is 5.97 Å². The average molecular weight is 463 g/mol. The molecule has 3 aromatic rings. The Morgan fingerprint density at radius 1 is 1.29 bits per heavy atom. The molecule has 31 heavy (non-hydrogen) atoms. The molecule has 1 aromatic carbocycles. The number of halogens is 1. The van der Waals surface area contributed by atoms with Crippen LogP contribution in [-0.2, 0) is 4.74 Å². The number of nitrogens with one attached hydrogen (secondary N) is 1. The van der Waals surface area contributed by atoms with Crippen LogP contribution in [0.15, 0.2) is 23.0 Å². The lowest BCUT2D eigenvalue weighted by Gasteiger charge is -2.11. The highest BCUT2D eigenvalue weighted by molar-refractivity contribution is 7.20. The second kappa shape index (κ2) is 9.98. The first-order chi connectivity index (χ1) is 14.9. The fourth-order valence-electron chi connectivity index (χ4n) is 2.98. The molecule has 0 aliphatic heterocycles. The van der Waals surface area contributed by atoms with Gasteiger partial charge in [0, 0.05) is 0 Å². The Morgan fingerprint density at radius 2 is 2.06 bits per heavy atom. The number of unbranched alkanes of at least 4 members (excludes halogenated alkanes) is 1. The summed E-state index contributed by atoms with van der Waals surface area (Å²) >= 11 is 7.57. The highest BCUT2D eigenvalue weighted by Gasteiger charge is 2.20. The zero-order valence-corrected chi connectivity index (χ0v) is 19.3. The van der Waals surface area contributed by atoms with Gasteiger partial charge in [0.05, 0.1) is 31.2 Å². The Labute approximate surface area is 188 Å². The summed E-state index contributed by atoms with van der Waals surface area (Å²) in [6.45, 7) is 4.36. The number of benzene rings is 1. The summed E-state index contributed by atoms with van der Waals surface area (Å²) in [6, 6.07) is 5.44. The minimum Gasteiger partial charge on any atom is -0.493 e. The number of nitrogens with zero attached hydrogens (tertiary/aromatic N) is 1. The number of methoxy groups -OCH3 is 2. The van der Waals surface area contributed by atoms with Gasteiger partial charge in [-0.1, -0.05) is 31.0 Å². The van der Waals surface area contributed by atoms with Crippen LogP contribution in [0.1, 0.15) is 46.4 Å². The second-order valence-corrected chi connectivity index (χ2v) is 8.15. The Bertz CT molecular complexity index is 1200. The predicted molar refractivity (Wildman–Crippen MR) is 123 cm³/mol. The van der Waals surface area contributed by atoms with Gasteiger partial charge in [-0.3, -0.25) is 4.79 Å². The number of rotatable bonds is 8. The van der Waals surface area contributed by atoms with Crippen molar-refractivity contribution in [2.45, 2.75) is 26.7 Å². The van der Waals surface area contributed by atoms with Gasteiger partial charge in [0.15, 0.2) is 17.3 Å². The van der Waals surface area contributed by atoms with Gasteiger partial charge in [0.1, 0.15) is 9.71 Å². The van der Waals surface area contributed by atoms with E-state index in [-0.39, 0.29) is 16.4 Å². The minimum absolute atomic E-state index is 0.209. The first-order valence-corrected chi connectivity index (χ1v) is 10.9. The fraction of sp³-hybridized carbons (Fsp3) is 0.318. The van der Waals surface area contributed by atoms with Crippen LogP contribution in [-0.4, -0.2) is 36.8 Å². The summed E-state index contributed by atoms with van der Waals surface area (Å²) in [5.74, 6) is 0.947. The smallest absolute Gasteiger partial charge is 0.348 e. The number of fused-ring (bicyclic) bond motifs is 1. The van der Waals surface area contributed by atoms with Crippen molar-refractivity contribution in [1.29, 1.82) is 0 Å². The van der Waals surface area contributed by atoms with Crippen molar-refractivity contribution >= 4 is 50.2 Å². The second-order valence-electron chi connectivity index (χ2n) is 6.75. The monoisotopic (exact) mass is 462 g/mol. The lowest BCUT2D eigenvalue weighted by atomic mass is 10.2. The van der Waals surface area contributed by atoms with E-state index in [0.717, 1.165) is 29.7 Å². The molecule has 2 heterocycles.